The summed E-state index contributed by atoms with van der Waals surface area (Å²) in [4.78, 5) is 46.5. The SMILES string of the molecule is CN1[C@@H](CN2C(=O)[C@H]3CSSC[C@H]2C(=O)N3C[C@H]2CS[C@@H]([C@@H]3COC(c4ccccc4O)=N3)N2C)CS[C@@H]1[C@@H]1COC(c2ccccc2O)=N1. The van der Waals surface area contributed by atoms with Crippen LogP contribution < -0.4 is 0 Å². The van der Waals surface area contributed by atoms with E-state index < -0.39 is 12.1 Å². The molecule has 9 rings (SSSR count). The molecule has 7 heterocycles. The van der Waals surface area contributed by atoms with Crippen molar-refractivity contribution in [3.8, 4) is 11.5 Å². The van der Waals surface area contributed by atoms with Gasteiger partial charge in [-0.2, -0.15) is 0 Å². The summed E-state index contributed by atoms with van der Waals surface area (Å²) in [5.41, 5.74) is 1.19. The molecule has 8 atom stereocenters. The molecule has 0 aliphatic carbocycles. The van der Waals surface area contributed by atoms with Crippen LogP contribution in [0.1, 0.15) is 11.1 Å². The molecule has 12 nitrogen and oxygen atoms in total. The van der Waals surface area contributed by atoms with Crippen molar-refractivity contribution < 1.29 is 29.3 Å². The molecule has 0 spiro atoms. The third-order valence-electron chi connectivity index (χ3n) is 10.4. The Bertz CT molecular complexity index is 1580. The van der Waals surface area contributed by atoms with Gasteiger partial charge in [0.15, 0.2) is 0 Å². The molecule has 2 aromatic carbocycles. The molecule has 2 aromatic rings. The first-order valence-corrected chi connectivity index (χ1v) is 21.4. The van der Waals surface area contributed by atoms with Gasteiger partial charge in [0.1, 0.15) is 48.9 Å². The van der Waals surface area contributed by atoms with Crippen molar-refractivity contribution in [1.29, 1.82) is 0 Å². The van der Waals surface area contributed by atoms with E-state index >= 15 is 0 Å². The maximum Gasteiger partial charge on any atom is 0.247 e. The summed E-state index contributed by atoms with van der Waals surface area (Å²) in [7, 11) is 7.51. The van der Waals surface area contributed by atoms with E-state index in [9.17, 15) is 19.8 Å². The van der Waals surface area contributed by atoms with Gasteiger partial charge in [-0.05, 0) is 38.4 Å². The van der Waals surface area contributed by atoms with Gasteiger partial charge in [0.05, 0.1) is 21.9 Å². The fourth-order valence-electron chi connectivity index (χ4n) is 7.50. The van der Waals surface area contributed by atoms with Crippen LogP contribution in [0.4, 0.5) is 0 Å². The van der Waals surface area contributed by atoms with Crippen LogP contribution in [0.25, 0.3) is 0 Å². The maximum atomic E-state index is 14.3. The van der Waals surface area contributed by atoms with Gasteiger partial charge in [-0.15, -0.1) is 23.5 Å². The average molecular weight is 757 g/mol. The Morgan fingerprint density at radius 2 is 1.10 bits per heavy atom. The van der Waals surface area contributed by atoms with Crippen LogP contribution in [0.15, 0.2) is 58.5 Å². The van der Waals surface area contributed by atoms with E-state index in [2.05, 4.69) is 23.9 Å². The fourth-order valence-corrected chi connectivity index (χ4v) is 13.0. The topological polar surface area (TPSA) is 131 Å². The van der Waals surface area contributed by atoms with Crippen molar-refractivity contribution >= 4 is 68.7 Å². The third kappa shape index (κ3) is 6.33. The van der Waals surface area contributed by atoms with Crippen molar-refractivity contribution in [3.63, 3.8) is 0 Å². The van der Waals surface area contributed by atoms with E-state index in [0.717, 1.165) is 11.5 Å². The Labute approximate surface area is 307 Å². The molecule has 2 bridgehead atoms. The van der Waals surface area contributed by atoms with E-state index in [0.29, 0.717) is 60.7 Å². The standard InChI is InChI=1S/C34H40N6O6S4/c1-37-19(15-47-33(37)23-13-45-29(35-23)21-7-3-5-9-27(21)41)11-39-25-17-49-50-18-26(31(39)43)40(32(25)44)12-20-16-48-34(38(20)2)24-14-46-30(36-24)22-8-4-6-10-28(22)42/h3-10,19-20,23-26,33-34,41-42H,11-18H2,1-2H3/t19-,20-,23-,24-,25-,26+,33+,34-/m0/s1. The zero-order valence-corrected chi connectivity index (χ0v) is 31.0. The molecule has 7 aliphatic heterocycles. The third-order valence-corrected chi connectivity index (χ3v) is 15.9. The van der Waals surface area contributed by atoms with Gasteiger partial charge in [0, 0.05) is 48.2 Å². The summed E-state index contributed by atoms with van der Waals surface area (Å²) < 4.78 is 11.8. The highest BCUT2D eigenvalue weighted by molar-refractivity contribution is 8.76. The van der Waals surface area contributed by atoms with E-state index in [4.69, 9.17) is 19.5 Å². The number of fused-ring (bicyclic) bond motifs is 5. The Morgan fingerprint density at radius 3 is 1.52 bits per heavy atom. The number of thioether (sulfide) groups is 2. The molecular formula is C34H40N6O6S4. The van der Waals surface area contributed by atoms with Crippen LogP contribution in [-0.2, 0) is 19.1 Å². The number of phenols is 2. The molecule has 5 saturated heterocycles. The number of carbonyl (C=O) groups is 2. The number of ether oxygens (including phenoxy) is 2. The van der Waals surface area contributed by atoms with Crippen molar-refractivity contribution in [1.82, 2.24) is 19.6 Å². The molecule has 16 heteroatoms. The predicted molar refractivity (Wildman–Crippen MR) is 200 cm³/mol. The average Bonchev–Trinajstić information content (AvgIpc) is 3.92. The number of para-hydroxylation sites is 2. The molecule has 50 heavy (non-hydrogen) atoms. The van der Waals surface area contributed by atoms with Crippen LogP contribution >= 0.6 is 45.1 Å². The molecule has 266 valence electrons. The van der Waals surface area contributed by atoms with E-state index in [1.54, 1.807) is 81.5 Å². The lowest BCUT2D eigenvalue weighted by molar-refractivity contribution is -0.161. The number of hydrogen-bond donors (Lipinski definition) is 2. The Balaban J connectivity index is 0.920. The molecular weight excluding hydrogens is 717 g/mol. The van der Waals surface area contributed by atoms with Gasteiger partial charge >= 0.3 is 0 Å². The summed E-state index contributed by atoms with van der Waals surface area (Å²) in [6.07, 6.45) is 0. The molecule has 5 fully saturated rings. The van der Waals surface area contributed by atoms with Crippen LogP contribution in [0.3, 0.4) is 0 Å². The lowest BCUT2D eigenvalue weighted by Crippen LogP contribution is -2.69. The molecule has 0 aromatic heterocycles. The van der Waals surface area contributed by atoms with Gasteiger partial charge < -0.3 is 29.5 Å². The Kier molecular flexibility index (Phi) is 9.85. The van der Waals surface area contributed by atoms with Gasteiger partial charge in [-0.1, -0.05) is 45.9 Å². The molecule has 0 unspecified atom stereocenters. The summed E-state index contributed by atoms with van der Waals surface area (Å²) in [6, 6.07) is 13.1. The molecule has 7 aliphatic rings. The lowest BCUT2D eigenvalue weighted by atomic mass is 10.0. The van der Waals surface area contributed by atoms with Crippen LogP contribution in [0.5, 0.6) is 11.5 Å². The smallest absolute Gasteiger partial charge is 0.247 e. The summed E-state index contributed by atoms with van der Waals surface area (Å²) >= 11 is 3.61. The minimum Gasteiger partial charge on any atom is -0.507 e. The first kappa shape index (κ1) is 34.3. The van der Waals surface area contributed by atoms with Crippen molar-refractivity contribution in [2.75, 3.05) is 63.4 Å². The maximum absolute atomic E-state index is 14.3. The quantitative estimate of drug-likeness (QED) is 0.385. The number of rotatable bonds is 8. The lowest BCUT2D eigenvalue weighted by Gasteiger charge is -2.48. The number of carbonyl (C=O) groups excluding carboxylic acids is 2. The van der Waals surface area contributed by atoms with Crippen LogP contribution in [0.2, 0.25) is 0 Å². The van der Waals surface area contributed by atoms with Gasteiger partial charge in [-0.3, -0.25) is 19.4 Å². The molecule has 2 amide bonds. The number of aliphatic imine (C=N–C) groups is 2. The summed E-state index contributed by atoms with van der Waals surface area (Å²) in [6.45, 7) is 1.85. The number of piperazine rings is 1. The molecule has 0 radical (unpaired) electrons. The largest absolute Gasteiger partial charge is 0.507 e. The number of likely N-dealkylation sites (N-methyl/N-ethyl adjacent to an activating group) is 2. The first-order chi connectivity index (χ1) is 24.3. The first-order valence-electron chi connectivity index (χ1n) is 16.8. The minimum absolute atomic E-state index is 0.0410. The van der Waals surface area contributed by atoms with Crippen LogP contribution in [-0.4, -0.2) is 164 Å². The number of hydrogen-bond acceptors (Lipinski definition) is 14. The monoisotopic (exact) mass is 756 g/mol. The second kappa shape index (κ2) is 14.3. The highest BCUT2D eigenvalue weighted by atomic mass is 33.1. The highest BCUT2D eigenvalue weighted by Crippen LogP contribution is 2.40. The van der Waals surface area contributed by atoms with E-state index in [1.165, 1.54) is 0 Å². The number of nitrogens with zero attached hydrogens (tertiary/aromatic N) is 6. The van der Waals surface area contributed by atoms with E-state index in [-0.39, 0.29) is 58.2 Å². The van der Waals surface area contributed by atoms with Gasteiger partial charge in [-0.25, -0.2) is 9.98 Å². The predicted octanol–water partition coefficient (Wildman–Crippen LogP) is 2.64. The van der Waals surface area contributed by atoms with Gasteiger partial charge in [0.2, 0.25) is 23.6 Å². The second-order valence-electron chi connectivity index (χ2n) is 13.3. The van der Waals surface area contributed by atoms with Crippen LogP contribution in [0, 0.1) is 0 Å². The van der Waals surface area contributed by atoms with Crippen molar-refractivity contribution in [2.24, 2.45) is 9.98 Å². The Morgan fingerprint density at radius 1 is 0.680 bits per heavy atom. The zero-order valence-electron chi connectivity index (χ0n) is 27.7. The fraction of sp³-hybridized carbons (Fsp3) is 0.529. The minimum atomic E-state index is -0.501. The number of benzene rings is 2. The normalized spacial score (nSPS) is 33.3. The van der Waals surface area contributed by atoms with Gasteiger partial charge in [0.25, 0.3) is 0 Å². The number of phenolic OH excluding ortho intramolecular Hbond substituents is 2. The Hall–Kier alpha value is -2.76. The highest BCUT2D eigenvalue weighted by Gasteiger charge is 2.51. The molecule has 2 N–H and O–H groups in total. The summed E-state index contributed by atoms with van der Waals surface area (Å²) in [5, 5.41) is 20.7. The zero-order chi connectivity index (χ0) is 34.5. The number of amides is 2. The number of aromatic hydroxyl groups is 2. The van der Waals surface area contributed by atoms with Crippen molar-refractivity contribution in [3.05, 3.63) is 59.7 Å². The second-order valence-corrected chi connectivity index (χ2v) is 18.2. The van der Waals surface area contributed by atoms with Crippen molar-refractivity contribution in [2.45, 2.75) is 47.0 Å². The molecule has 0 saturated carbocycles. The summed E-state index contributed by atoms with van der Waals surface area (Å²) in [5.74, 6) is 4.07. The van der Waals surface area contributed by atoms with E-state index in [1.807, 2.05) is 21.9 Å².